The van der Waals surface area contributed by atoms with Crippen molar-refractivity contribution in [1.82, 2.24) is 8.87 Å². The fourth-order valence-corrected chi connectivity index (χ4v) is 3.41. The first-order valence-corrected chi connectivity index (χ1v) is 7.86. The van der Waals surface area contributed by atoms with Gasteiger partial charge in [0.05, 0.1) is 13.2 Å². The van der Waals surface area contributed by atoms with Gasteiger partial charge in [0.1, 0.15) is 4.90 Å². The number of rotatable bonds is 8. The summed E-state index contributed by atoms with van der Waals surface area (Å²) in [6.45, 7) is 6.99. The summed E-state index contributed by atoms with van der Waals surface area (Å²) in [5, 5.41) is 18.3. The summed E-state index contributed by atoms with van der Waals surface area (Å²) in [6.07, 6.45) is 2.98. The zero-order valence-corrected chi connectivity index (χ0v) is 12.7. The monoisotopic (exact) mass is 302 g/mol. The van der Waals surface area contributed by atoms with Crippen LogP contribution in [0, 0.1) is 0 Å². The van der Waals surface area contributed by atoms with Crippen molar-refractivity contribution in [1.29, 1.82) is 0 Å². The van der Waals surface area contributed by atoms with Crippen LogP contribution in [0.3, 0.4) is 0 Å². The largest absolute Gasteiger partial charge is 0.395 e. The maximum atomic E-state index is 12.5. The molecule has 0 spiro atoms. The van der Waals surface area contributed by atoms with Gasteiger partial charge >= 0.3 is 0 Å². The van der Waals surface area contributed by atoms with Gasteiger partial charge in [-0.2, -0.15) is 4.31 Å². The fraction of sp³-hybridized carbons (Fsp3) is 0.538. The van der Waals surface area contributed by atoms with E-state index in [2.05, 4.69) is 6.58 Å². The predicted molar refractivity (Wildman–Crippen MR) is 76.8 cm³/mol. The van der Waals surface area contributed by atoms with Gasteiger partial charge in [-0.3, -0.25) is 0 Å². The molecule has 0 unspecified atom stereocenters. The van der Waals surface area contributed by atoms with E-state index in [1.54, 1.807) is 4.57 Å². The van der Waals surface area contributed by atoms with E-state index in [-0.39, 0.29) is 37.2 Å². The number of hydrogen-bond donors (Lipinski definition) is 2. The molecule has 0 fully saturated rings. The molecule has 0 radical (unpaired) electrons. The van der Waals surface area contributed by atoms with Crippen LogP contribution in [0.15, 0.2) is 29.8 Å². The highest BCUT2D eigenvalue weighted by Crippen LogP contribution is 2.22. The Morgan fingerprint density at radius 3 is 2.50 bits per heavy atom. The van der Waals surface area contributed by atoms with Crippen molar-refractivity contribution in [3.8, 4) is 0 Å². The smallest absolute Gasteiger partial charge is 0.244 e. The molecular weight excluding hydrogens is 280 g/mol. The Bertz CT molecular complexity index is 549. The molecule has 0 amide bonds. The molecule has 0 aromatic carbocycles. The van der Waals surface area contributed by atoms with Crippen LogP contribution in [-0.4, -0.2) is 47.2 Å². The van der Waals surface area contributed by atoms with E-state index >= 15 is 0 Å². The van der Waals surface area contributed by atoms with Crippen LogP contribution in [0.1, 0.15) is 25.6 Å². The molecule has 1 aromatic rings. The van der Waals surface area contributed by atoms with Crippen LogP contribution in [-0.2, 0) is 16.6 Å². The van der Waals surface area contributed by atoms with E-state index < -0.39 is 10.0 Å². The van der Waals surface area contributed by atoms with Gasteiger partial charge in [-0.1, -0.05) is 6.08 Å². The van der Waals surface area contributed by atoms with Crippen molar-refractivity contribution < 1.29 is 18.6 Å². The molecule has 0 aliphatic carbocycles. The Hall–Kier alpha value is -1.15. The molecule has 1 rings (SSSR count). The van der Waals surface area contributed by atoms with Crippen LogP contribution in [0.2, 0.25) is 0 Å². The Balaban J connectivity index is 3.23. The summed E-state index contributed by atoms with van der Waals surface area (Å²) in [4.78, 5) is 0.116. The molecule has 2 N–H and O–H groups in total. The third kappa shape index (κ3) is 3.49. The van der Waals surface area contributed by atoms with Crippen LogP contribution in [0.4, 0.5) is 0 Å². The minimum Gasteiger partial charge on any atom is -0.395 e. The molecule has 0 saturated carbocycles. The molecule has 0 aliphatic heterocycles. The lowest BCUT2D eigenvalue weighted by Crippen LogP contribution is -2.33. The van der Waals surface area contributed by atoms with E-state index in [4.69, 9.17) is 5.11 Å². The van der Waals surface area contributed by atoms with Crippen molar-refractivity contribution in [2.75, 3.05) is 19.7 Å². The summed E-state index contributed by atoms with van der Waals surface area (Å²) in [6, 6.07) is 1.51. The fourth-order valence-electron chi connectivity index (χ4n) is 1.96. The first-order chi connectivity index (χ1) is 9.38. The lowest BCUT2D eigenvalue weighted by molar-refractivity contribution is 0.260. The van der Waals surface area contributed by atoms with Crippen LogP contribution in [0.25, 0.3) is 0 Å². The maximum absolute atomic E-state index is 12.5. The Morgan fingerprint density at radius 2 is 2.10 bits per heavy atom. The minimum absolute atomic E-state index is 0.00959. The summed E-state index contributed by atoms with van der Waals surface area (Å²) < 4.78 is 27.9. The van der Waals surface area contributed by atoms with Gasteiger partial charge in [-0.25, -0.2) is 8.42 Å². The topological polar surface area (TPSA) is 82.8 Å². The summed E-state index contributed by atoms with van der Waals surface area (Å²) >= 11 is 0. The predicted octanol–water partition coefficient (Wildman–Crippen LogP) is 0.730. The number of aliphatic hydroxyl groups is 2. The van der Waals surface area contributed by atoms with Gasteiger partial charge in [0.25, 0.3) is 0 Å². The standard InChI is InChI=1S/C13H22N2O4S/c1-4-5-14(6-7-16)20(18,19)13-8-12(10-17)15(9-13)11(2)3/h4,8-9,11,16-17H,1,5-7,10H2,2-3H3. The molecule has 114 valence electrons. The first-order valence-electron chi connectivity index (χ1n) is 6.42. The normalized spacial score (nSPS) is 12.3. The van der Waals surface area contributed by atoms with E-state index in [0.717, 1.165) is 4.31 Å². The first kappa shape index (κ1) is 16.9. The molecule has 20 heavy (non-hydrogen) atoms. The molecule has 0 saturated heterocycles. The van der Waals surface area contributed by atoms with E-state index in [1.165, 1.54) is 18.3 Å². The number of aliphatic hydroxyl groups excluding tert-OH is 2. The van der Waals surface area contributed by atoms with Gasteiger partial charge in [-0.15, -0.1) is 6.58 Å². The minimum atomic E-state index is -3.70. The molecule has 0 aliphatic rings. The highest BCUT2D eigenvalue weighted by molar-refractivity contribution is 7.89. The van der Waals surface area contributed by atoms with Gasteiger partial charge in [0.15, 0.2) is 0 Å². The zero-order chi connectivity index (χ0) is 15.3. The average molecular weight is 302 g/mol. The second-order valence-electron chi connectivity index (χ2n) is 4.70. The van der Waals surface area contributed by atoms with Crippen molar-refractivity contribution in [2.45, 2.75) is 31.4 Å². The van der Waals surface area contributed by atoms with Crippen LogP contribution < -0.4 is 0 Å². The van der Waals surface area contributed by atoms with E-state index in [1.807, 2.05) is 13.8 Å². The lowest BCUT2D eigenvalue weighted by atomic mass is 10.3. The van der Waals surface area contributed by atoms with E-state index in [0.29, 0.717) is 5.69 Å². The average Bonchev–Trinajstić information content (AvgIpc) is 2.83. The van der Waals surface area contributed by atoms with Crippen LogP contribution in [0.5, 0.6) is 0 Å². The highest BCUT2D eigenvalue weighted by Gasteiger charge is 2.25. The molecule has 0 bridgehead atoms. The second kappa shape index (κ2) is 7.03. The number of nitrogens with zero attached hydrogens (tertiary/aromatic N) is 2. The van der Waals surface area contributed by atoms with Gasteiger partial charge in [0.2, 0.25) is 10.0 Å². The summed E-state index contributed by atoms with van der Waals surface area (Å²) in [5.41, 5.74) is 0.543. The lowest BCUT2D eigenvalue weighted by Gasteiger charge is -2.18. The number of sulfonamides is 1. The molecule has 6 nitrogen and oxygen atoms in total. The molecule has 7 heteroatoms. The van der Waals surface area contributed by atoms with Crippen LogP contribution >= 0.6 is 0 Å². The molecular formula is C13H22N2O4S. The highest BCUT2D eigenvalue weighted by atomic mass is 32.2. The van der Waals surface area contributed by atoms with Crippen molar-refractivity contribution in [3.63, 3.8) is 0 Å². The number of hydrogen-bond acceptors (Lipinski definition) is 4. The Morgan fingerprint density at radius 1 is 1.45 bits per heavy atom. The molecule has 1 aromatic heterocycles. The molecule has 1 heterocycles. The third-order valence-electron chi connectivity index (χ3n) is 2.95. The van der Waals surface area contributed by atoms with Gasteiger partial charge in [0, 0.05) is 31.0 Å². The third-order valence-corrected chi connectivity index (χ3v) is 4.78. The summed E-state index contributed by atoms with van der Waals surface area (Å²) in [7, 11) is -3.70. The Labute approximate surface area is 120 Å². The number of aromatic nitrogens is 1. The van der Waals surface area contributed by atoms with E-state index in [9.17, 15) is 13.5 Å². The SMILES string of the molecule is C=CCN(CCO)S(=O)(=O)c1cc(CO)n(C(C)C)c1. The van der Waals surface area contributed by atoms with Crippen molar-refractivity contribution in [3.05, 3.63) is 30.6 Å². The van der Waals surface area contributed by atoms with Crippen molar-refractivity contribution >= 4 is 10.0 Å². The van der Waals surface area contributed by atoms with Crippen molar-refractivity contribution in [2.24, 2.45) is 0 Å². The second-order valence-corrected chi connectivity index (χ2v) is 6.64. The zero-order valence-electron chi connectivity index (χ0n) is 11.9. The maximum Gasteiger partial charge on any atom is 0.244 e. The van der Waals surface area contributed by atoms with Gasteiger partial charge in [-0.05, 0) is 19.9 Å². The quantitative estimate of drug-likeness (QED) is 0.694. The van der Waals surface area contributed by atoms with Gasteiger partial charge < -0.3 is 14.8 Å². The Kier molecular flexibility index (Phi) is 5.94. The molecule has 0 atom stereocenters. The summed E-state index contributed by atoms with van der Waals surface area (Å²) in [5.74, 6) is 0.